The molecule has 150 valence electrons. The van der Waals surface area contributed by atoms with Crippen molar-refractivity contribution in [2.45, 2.75) is 18.7 Å². The largest absolute Gasteiger partial charge is 0.302 e. The minimum Gasteiger partial charge on any atom is -0.302 e. The lowest BCUT2D eigenvalue weighted by atomic mass is 10.3. The molecule has 0 atom stereocenters. The van der Waals surface area contributed by atoms with Gasteiger partial charge < -0.3 is 4.90 Å². The van der Waals surface area contributed by atoms with Gasteiger partial charge in [-0.3, -0.25) is 9.69 Å². The Balaban J connectivity index is 1.97. The third-order valence-corrected chi connectivity index (χ3v) is 7.53. The van der Waals surface area contributed by atoms with Crippen LogP contribution in [0.3, 0.4) is 0 Å². The number of hydrogen-bond acceptors (Lipinski definition) is 7. The fraction of sp³-hybridized carbons (Fsp3) is 0.368. The zero-order valence-electron chi connectivity index (χ0n) is 16.1. The van der Waals surface area contributed by atoms with E-state index >= 15 is 0 Å². The summed E-state index contributed by atoms with van der Waals surface area (Å²) in [5, 5.41) is 2.47. The highest BCUT2D eigenvalue weighted by molar-refractivity contribution is 7.90. The zero-order chi connectivity index (χ0) is 20.3. The molecule has 0 unspecified atom stereocenters. The second kappa shape index (κ2) is 8.69. The standard InChI is InChI=1S/C19H23N3O3S3/c1-4-21(5-2)10-11-22(18(23)16-7-6-12-26-16)19-20-15-9-8-14(28(3,24)25)13-17(15)27-19/h6-9,12-13H,4-5,10-11H2,1-3H3. The van der Waals surface area contributed by atoms with Crippen molar-refractivity contribution in [3.63, 3.8) is 0 Å². The van der Waals surface area contributed by atoms with Gasteiger partial charge in [0.1, 0.15) is 0 Å². The topological polar surface area (TPSA) is 70.6 Å². The lowest BCUT2D eigenvalue weighted by Crippen LogP contribution is -2.38. The van der Waals surface area contributed by atoms with Crippen molar-refractivity contribution >= 4 is 53.8 Å². The van der Waals surface area contributed by atoms with Crippen molar-refractivity contribution in [2.75, 3.05) is 37.3 Å². The number of aromatic nitrogens is 1. The van der Waals surface area contributed by atoms with Crippen molar-refractivity contribution in [3.8, 4) is 0 Å². The highest BCUT2D eigenvalue weighted by Crippen LogP contribution is 2.31. The van der Waals surface area contributed by atoms with Gasteiger partial charge in [-0.1, -0.05) is 31.3 Å². The number of amides is 1. The predicted octanol–water partition coefficient (Wildman–Crippen LogP) is 3.75. The van der Waals surface area contributed by atoms with Crippen LogP contribution < -0.4 is 4.90 Å². The second-order valence-electron chi connectivity index (χ2n) is 6.36. The first-order valence-electron chi connectivity index (χ1n) is 9.01. The van der Waals surface area contributed by atoms with Gasteiger partial charge in [0.05, 0.1) is 20.0 Å². The molecule has 28 heavy (non-hydrogen) atoms. The molecule has 0 aliphatic rings. The number of anilines is 1. The first-order chi connectivity index (χ1) is 13.3. The summed E-state index contributed by atoms with van der Waals surface area (Å²) < 4.78 is 24.4. The average molecular weight is 438 g/mol. The monoisotopic (exact) mass is 437 g/mol. The first kappa shape index (κ1) is 20.9. The van der Waals surface area contributed by atoms with Gasteiger partial charge in [0.15, 0.2) is 15.0 Å². The molecule has 0 radical (unpaired) electrons. The molecule has 2 heterocycles. The molecule has 3 rings (SSSR count). The Morgan fingerprint density at radius 1 is 1.14 bits per heavy atom. The van der Waals surface area contributed by atoms with E-state index < -0.39 is 9.84 Å². The van der Waals surface area contributed by atoms with E-state index in [9.17, 15) is 13.2 Å². The van der Waals surface area contributed by atoms with Crippen molar-refractivity contribution in [3.05, 3.63) is 40.6 Å². The number of rotatable bonds is 8. The molecule has 3 aromatic rings. The van der Waals surface area contributed by atoms with Crippen molar-refractivity contribution < 1.29 is 13.2 Å². The van der Waals surface area contributed by atoms with Crippen LogP contribution in [0.2, 0.25) is 0 Å². The van der Waals surface area contributed by atoms with Crippen LogP contribution in [0.5, 0.6) is 0 Å². The second-order valence-corrected chi connectivity index (χ2v) is 10.3. The minimum absolute atomic E-state index is 0.0791. The van der Waals surface area contributed by atoms with Gasteiger partial charge in [-0.25, -0.2) is 13.4 Å². The number of fused-ring (bicyclic) bond motifs is 1. The van der Waals surface area contributed by atoms with Crippen LogP contribution in [0.4, 0.5) is 5.13 Å². The molecule has 0 aliphatic heterocycles. The summed E-state index contributed by atoms with van der Waals surface area (Å²) in [7, 11) is -3.29. The predicted molar refractivity (Wildman–Crippen MR) is 117 cm³/mol. The summed E-state index contributed by atoms with van der Waals surface area (Å²) in [4.78, 5) is 22.6. The van der Waals surface area contributed by atoms with E-state index in [0.717, 1.165) is 24.3 Å². The van der Waals surface area contributed by atoms with Crippen LogP contribution in [0.15, 0.2) is 40.6 Å². The van der Waals surface area contributed by atoms with Crippen molar-refractivity contribution in [2.24, 2.45) is 0 Å². The van der Waals surface area contributed by atoms with E-state index in [-0.39, 0.29) is 10.8 Å². The summed E-state index contributed by atoms with van der Waals surface area (Å²) in [5.74, 6) is -0.0791. The van der Waals surface area contributed by atoms with Gasteiger partial charge in [0.2, 0.25) is 0 Å². The number of hydrogen-bond donors (Lipinski definition) is 0. The number of benzene rings is 1. The minimum atomic E-state index is -3.29. The molecular weight excluding hydrogens is 414 g/mol. The lowest BCUT2D eigenvalue weighted by Gasteiger charge is -2.24. The number of thiazole rings is 1. The Hall–Kier alpha value is -1.81. The molecule has 2 aromatic heterocycles. The maximum absolute atomic E-state index is 13.1. The number of thiophene rings is 1. The fourth-order valence-corrected chi connectivity index (χ4v) is 5.26. The summed E-state index contributed by atoms with van der Waals surface area (Å²) in [6.07, 6.45) is 1.19. The van der Waals surface area contributed by atoms with E-state index in [4.69, 9.17) is 0 Å². The number of nitrogens with zero attached hydrogens (tertiary/aromatic N) is 3. The Kier molecular flexibility index (Phi) is 6.49. The van der Waals surface area contributed by atoms with Crippen LogP contribution >= 0.6 is 22.7 Å². The summed E-state index contributed by atoms with van der Waals surface area (Å²) in [6.45, 7) is 7.29. The molecule has 0 aliphatic carbocycles. The Morgan fingerprint density at radius 2 is 1.89 bits per heavy atom. The molecule has 0 fully saturated rings. The number of sulfone groups is 1. The highest BCUT2D eigenvalue weighted by atomic mass is 32.2. The zero-order valence-corrected chi connectivity index (χ0v) is 18.5. The lowest BCUT2D eigenvalue weighted by molar-refractivity contribution is 0.0987. The molecule has 6 nitrogen and oxygen atoms in total. The Bertz CT molecular complexity index is 1050. The van der Waals surface area contributed by atoms with Crippen LogP contribution in [0.1, 0.15) is 23.5 Å². The molecule has 1 aromatic carbocycles. The summed E-state index contributed by atoms with van der Waals surface area (Å²) >= 11 is 2.75. The third kappa shape index (κ3) is 4.60. The van der Waals surface area contributed by atoms with E-state index in [2.05, 4.69) is 23.7 Å². The molecule has 0 bridgehead atoms. The van der Waals surface area contributed by atoms with Gasteiger partial charge in [0, 0.05) is 19.3 Å². The summed E-state index contributed by atoms with van der Waals surface area (Å²) in [5.41, 5.74) is 0.694. The quantitative estimate of drug-likeness (QED) is 0.537. The third-order valence-electron chi connectivity index (χ3n) is 4.52. The van der Waals surface area contributed by atoms with E-state index in [1.807, 2.05) is 17.5 Å². The van der Waals surface area contributed by atoms with E-state index in [1.54, 1.807) is 23.1 Å². The van der Waals surface area contributed by atoms with Crippen LogP contribution in [-0.4, -0.2) is 56.6 Å². The van der Waals surface area contributed by atoms with E-state index in [0.29, 0.717) is 22.1 Å². The Labute approximate surface area is 173 Å². The number of likely N-dealkylation sites (N-methyl/N-ethyl adjacent to an activating group) is 1. The maximum atomic E-state index is 13.1. The van der Waals surface area contributed by atoms with E-state index in [1.165, 1.54) is 28.9 Å². The molecule has 0 saturated heterocycles. The van der Waals surface area contributed by atoms with Crippen molar-refractivity contribution in [1.82, 2.24) is 9.88 Å². The molecule has 0 N–H and O–H groups in total. The van der Waals surface area contributed by atoms with Gasteiger partial charge in [-0.05, 0) is 42.7 Å². The van der Waals surface area contributed by atoms with Crippen LogP contribution in [0.25, 0.3) is 10.2 Å². The molecule has 1 amide bonds. The average Bonchev–Trinajstić information content (AvgIpc) is 3.33. The fourth-order valence-electron chi connectivity index (χ4n) is 2.84. The maximum Gasteiger partial charge on any atom is 0.270 e. The number of carbonyl (C=O) groups excluding carboxylic acids is 1. The first-order valence-corrected chi connectivity index (χ1v) is 12.6. The molecule has 0 spiro atoms. The normalized spacial score (nSPS) is 12.0. The van der Waals surface area contributed by atoms with Crippen LogP contribution in [0, 0.1) is 0 Å². The van der Waals surface area contributed by atoms with Crippen molar-refractivity contribution in [1.29, 1.82) is 0 Å². The molecular formula is C19H23N3O3S3. The van der Waals surface area contributed by atoms with Gasteiger partial charge >= 0.3 is 0 Å². The number of carbonyl (C=O) groups is 1. The molecule has 9 heteroatoms. The summed E-state index contributed by atoms with van der Waals surface area (Å²) in [6, 6.07) is 8.56. The van der Waals surface area contributed by atoms with Gasteiger partial charge in [-0.15, -0.1) is 11.3 Å². The molecule has 0 saturated carbocycles. The highest BCUT2D eigenvalue weighted by Gasteiger charge is 2.23. The smallest absolute Gasteiger partial charge is 0.270 e. The Morgan fingerprint density at radius 3 is 2.50 bits per heavy atom. The van der Waals surface area contributed by atoms with Crippen LogP contribution in [-0.2, 0) is 9.84 Å². The van der Waals surface area contributed by atoms with Gasteiger partial charge in [-0.2, -0.15) is 0 Å². The van der Waals surface area contributed by atoms with Gasteiger partial charge in [0.25, 0.3) is 5.91 Å². The SMILES string of the molecule is CCN(CC)CCN(C(=O)c1cccs1)c1nc2ccc(S(C)(=O)=O)cc2s1.